The molecule has 1 aliphatic heterocycles. The van der Waals surface area contributed by atoms with Crippen LogP contribution in [0.1, 0.15) is 19.8 Å². The smallest absolute Gasteiger partial charge is 0.0958 e. The van der Waals surface area contributed by atoms with Crippen molar-refractivity contribution >= 4 is 5.84 Å². The predicted octanol–water partition coefficient (Wildman–Crippen LogP) is 1.01. The lowest BCUT2D eigenvalue weighted by atomic mass is 10.3. The Morgan fingerprint density at radius 3 is 2.67 bits per heavy atom. The number of nitrogens with zero attached hydrogens (tertiary/aromatic N) is 2. The van der Waals surface area contributed by atoms with E-state index in [0.29, 0.717) is 6.04 Å². The third-order valence-corrected chi connectivity index (χ3v) is 2.59. The standard InChI is InChI=1S/C9H19N3/c1-8(11(2)3)7-12-6-4-5-9(12)10/h8,10H,4-7H2,1-3H3. The lowest BCUT2D eigenvalue weighted by Gasteiger charge is -2.26. The second-order valence-electron chi connectivity index (χ2n) is 3.81. The highest BCUT2D eigenvalue weighted by Crippen LogP contribution is 2.11. The van der Waals surface area contributed by atoms with E-state index < -0.39 is 0 Å². The summed E-state index contributed by atoms with van der Waals surface area (Å²) in [5.74, 6) is 0.823. The zero-order valence-electron chi connectivity index (χ0n) is 8.30. The molecule has 3 nitrogen and oxygen atoms in total. The molecule has 1 N–H and O–H groups in total. The van der Waals surface area contributed by atoms with Crippen molar-refractivity contribution in [3.05, 3.63) is 0 Å². The fourth-order valence-electron chi connectivity index (χ4n) is 1.41. The Hall–Kier alpha value is -0.570. The number of nitrogens with one attached hydrogen (secondary N) is 1. The Bertz CT molecular complexity index is 165. The van der Waals surface area contributed by atoms with Gasteiger partial charge in [0.1, 0.15) is 0 Å². The summed E-state index contributed by atoms with van der Waals surface area (Å²) in [5.41, 5.74) is 0. The van der Waals surface area contributed by atoms with E-state index in [4.69, 9.17) is 5.41 Å². The molecule has 1 fully saturated rings. The lowest BCUT2D eigenvalue weighted by molar-refractivity contribution is 0.259. The first-order valence-corrected chi connectivity index (χ1v) is 4.60. The van der Waals surface area contributed by atoms with E-state index in [9.17, 15) is 0 Å². The molecule has 0 amide bonds. The van der Waals surface area contributed by atoms with Gasteiger partial charge in [-0.25, -0.2) is 0 Å². The van der Waals surface area contributed by atoms with Crippen LogP contribution in [0.15, 0.2) is 0 Å². The van der Waals surface area contributed by atoms with Gasteiger partial charge in [0.25, 0.3) is 0 Å². The van der Waals surface area contributed by atoms with Crippen LogP contribution in [0.5, 0.6) is 0 Å². The Kier molecular flexibility index (Phi) is 3.09. The molecule has 1 saturated heterocycles. The summed E-state index contributed by atoms with van der Waals surface area (Å²) >= 11 is 0. The van der Waals surface area contributed by atoms with E-state index >= 15 is 0 Å². The Balaban J connectivity index is 2.35. The summed E-state index contributed by atoms with van der Waals surface area (Å²) < 4.78 is 0. The highest BCUT2D eigenvalue weighted by atomic mass is 15.2. The van der Waals surface area contributed by atoms with Crippen LogP contribution in [0, 0.1) is 5.41 Å². The first-order valence-electron chi connectivity index (χ1n) is 4.60. The van der Waals surface area contributed by atoms with Gasteiger partial charge in [-0.2, -0.15) is 0 Å². The van der Waals surface area contributed by atoms with Crippen molar-refractivity contribution in [2.75, 3.05) is 27.2 Å². The molecule has 0 saturated carbocycles. The molecule has 12 heavy (non-hydrogen) atoms. The summed E-state index contributed by atoms with van der Waals surface area (Å²) in [4.78, 5) is 4.39. The van der Waals surface area contributed by atoms with Crippen molar-refractivity contribution in [3.8, 4) is 0 Å². The third kappa shape index (κ3) is 2.21. The van der Waals surface area contributed by atoms with Crippen molar-refractivity contribution in [1.82, 2.24) is 9.80 Å². The van der Waals surface area contributed by atoms with Crippen molar-refractivity contribution in [2.45, 2.75) is 25.8 Å². The molecule has 3 heteroatoms. The molecular weight excluding hydrogens is 150 g/mol. The maximum Gasteiger partial charge on any atom is 0.0958 e. The summed E-state index contributed by atoms with van der Waals surface area (Å²) in [6, 6.07) is 0.545. The van der Waals surface area contributed by atoms with Gasteiger partial charge in [-0.15, -0.1) is 0 Å². The van der Waals surface area contributed by atoms with Crippen LogP contribution in [0.4, 0.5) is 0 Å². The number of hydrogen-bond donors (Lipinski definition) is 1. The minimum absolute atomic E-state index is 0.545. The van der Waals surface area contributed by atoms with Crippen LogP contribution in [-0.4, -0.2) is 48.9 Å². The van der Waals surface area contributed by atoms with Crippen LogP contribution in [0.3, 0.4) is 0 Å². The molecule has 0 aromatic rings. The van der Waals surface area contributed by atoms with Crippen molar-refractivity contribution in [2.24, 2.45) is 0 Å². The number of hydrogen-bond acceptors (Lipinski definition) is 2. The Morgan fingerprint density at radius 2 is 2.25 bits per heavy atom. The molecule has 1 rings (SSSR count). The van der Waals surface area contributed by atoms with Gasteiger partial charge in [0.15, 0.2) is 0 Å². The van der Waals surface area contributed by atoms with E-state index in [1.807, 2.05) is 0 Å². The predicted molar refractivity (Wildman–Crippen MR) is 51.7 cm³/mol. The largest absolute Gasteiger partial charge is 0.359 e. The van der Waals surface area contributed by atoms with Crippen LogP contribution in [0.2, 0.25) is 0 Å². The van der Waals surface area contributed by atoms with E-state index in [-0.39, 0.29) is 0 Å². The molecule has 70 valence electrons. The van der Waals surface area contributed by atoms with Crippen LogP contribution in [0.25, 0.3) is 0 Å². The van der Waals surface area contributed by atoms with Gasteiger partial charge in [0.2, 0.25) is 0 Å². The number of likely N-dealkylation sites (tertiary alicyclic amines) is 1. The highest BCUT2D eigenvalue weighted by Gasteiger charge is 2.19. The SMILES string of the molecule is CC(CN1CCCC1=N)N(C)C. The molecule has 0 radical (unpaired) electrons. The van der Waals surface area contributed by atoms with Gasteiger partial charge >= 0.3 is 0 Å². The minimum atomic E-state index is 0.545. The van der Waals surface area contributed by atoms with Crippen molar-refractivity contribution in [1.29, 1.82) is 5.41 Å². The minimum Gasteiger partial charge on any atom is -0.359 e. The number of amidine groups is 1. The third-order valence-electron chi connectivity index (χ3n) is 2.59. The monoisotopic (exact) mass is 169 g/mol. The Labute approximate surface area is 74.9 Å². The second-order valence-corrected chi connectivity index (χ2v) is 3.81. The van der Waals surface area contributed by atoms with E-state index in [1.54, 1.807) is 0 Å². The molecule has 1 atom stereocenters. The van der Waals surface area contributed by atoms with E-state index in [2.05, 4.69) is 30.8 Å². The molecule has 1 unspecified atom stereocenters. The van der Waals surface area contributed by atoms with Crippen LogP contribution >= 0.6 is 0 Å². The summed E-state index contributed by atoms with van der Waals surface area (Å²) in [6.45, 7) is 4.29. The zero-order chi connectivity index (χ0) is 9.14. The molecule has 1 heterocycles. The normalized spacial score (nSPS) is 20.7. The molecule has 0 spiro atoms. The van der Waals surface area contributed by atoms with E-state index in [0.717, 1.165) is 25.3 Å². The Morgan fingerprint density at radius 1 is 1.58 bits per heavy atom. The first-order chi connectivity index (χ1) is 5.61. The summed E-state index contributed by atoms with van der Waals surface area (Å²) in [6.07, 6.45) is 2.14. The fraction of sp³-hybridized carbons (Fsp3) is 0.889. The average Bonchev–Trinajstić information content (AvgIpc) is 2.36. The van der Waals surface area contributed by atoms with Gasteiger partial charge in [-0.1, -0.05) is 0 Å². The van der Waals surface area contributed by atoms with Gasteiger partial charge in [-0.05, 0) is 27.4 Å². The van der Waals surface area contributed by atoms with Crippen molar-refractivity contribution in [3.63, 3.8) is 0 Å². The first kappa shape index (κ1) is 9.52. The van der Waals surface area contributed by atoms with Crippen LogP contribution in [-0.2, 0) is 0 Å². The maximum absolute atomic E-state index is 7.65. The number of likely N-dealkylation sites (N-methyl/N-ethyl adjacent to an activating group) is 1. The van der Waals surface area contributed by atoms with Gasteiger partial charge in [-0.3, -0.25) is 5.41 Å². The summed E-state index contributed by atoms with van der Waals surface area (Å²) in [5, 5.41) is 7.65. The lowest BCUT2D eigenvalue weighted by Crippen LogP contribution is -2.38. The second kappa shape index (κ2) is 3.90. The molecule has 0 aliphatic carbocycles. The molecule has 0 aromatic carbocycles. The number of rotatable bonds is 3. The quantitative estimate of drug-likeness (QED) is 0.683. The molecule has 0 bridgehead atoms. The highest BCUT2D eigenvalue weighted by molar-refractivity contribution is 5.80. The van der Waals surface area contributed by atoms with Gasteiger partial charge < -0.3 is 9.80 Å². The average molecular weight is 169 g/mol. The van der Waals surface area contributed by atoms with Crippen LogP contribution < -0.4 is 0 Å². The fourth-order valence-corrected chi connectivity index (χ4v) is 1.41. The molecule has 1 aliphatic rings. The summed E-state index contributed by atoms with van der Waals surface area (Å²) in [7, 11) is 4.18. The molecule has 0 aromatic heterocycles. The topological polar surface area (TPSA) is 30.3 Å². The van der Waals surface area contributed by atoms with E-state index in [1.165, 1.54) is 6.42 Å². The molecular formula is C9H19N3. The maximum atomic E-state index is 7.65. The van der Waals surface area contributed by atoms with Gasteiger partial charge in [0, 0.05) is 25.6 Å². The zero-order valence-corrected chi connectivity index (χ0v) is 8.30. The van der Waals surface area contributed by atoms with Crippen molar-refractivity contribution < 1.29 is 0 Å². The van der Waals surface area contributed by atoms with Gasteiger partial charge in [0.05, 0.1) is 5.84 Å².